The molecule has 0 heterocycles. The second kappa shape index (κ2) is 24.0. The number of aliphatic hydroxyl groups excluding tert-OH is 1. The fraction of sp³-hybridized carbons (Fsp3) is 0.548. The molecule has 0 radical (unpaired) electrons. The number of esters is 2. The number of aryl methyl sites for hydroxylation is 2. The lowest BCUT2D eigenvalue weighted by molar-refractivity contribution is 0.0326. The normalized spacial score (nSPS) is 10.5. The standard InChI is InChI=1S/C16H24O4.C15H22O5/c1-3-10-19-12-13-20-11-4-5-14-6-8-15(9-7-14)16(17)18-2;1-18-15(17)14-6-4-13(5-7-14)3-2-9-19-11-12-20-10-8-16/h6-9H,3-5,10-13H2,1-2H3;4-7,16H,2-3,8-12H2,1H3. The molecule has 224 valence electrons. The zero-order chi connectivity index (χ0) is 29.3. The Morgan fingerprint density at radius 3 is 1.30 bits per heavy atom. The molecule has 0 spiro atoms. The van der Waals surface area contributed by atoms with E-state index in [2.05, 4.69) is 16.4 Å². The highest BCUT2D eigenvalue weighted by Gasteiger charge is 2.05. The summed E-state index contributed by atoms with van der Waals surface area (Å²) in [7, 11) is 2.76. The molecule has 0 atom stereocenters. The Morgan fingerprint density at radius 2 is 0.950 bits per heavy atom. The minimum Gasteiger partial charge on any atom is -0.465 e. The van der Waals surface area contributed by atoms with Crippen LogP contribution in [0.1, 0.15) is 58.0 Å². The fourth-order valence-electron chi connectivity index (χ4n) is 3.46. The molecule has 2 aromatic carbocycles. The Morgan fingerprint density at radius 1 is 0.575 bits per heavy atom. The maximum atomic E-state index is 11.3. The van der Waals surface area contributed by atoms with E-state index in [-0.39, 0.29) is 18.5 Å². The molecule has 9 nitrogen and oxygen atoms in total. The summed E-state index contributed by atoms with van der Waals surface area (Å²) < 4.78 is 30.6. The van der Waals surface area contributed by atoms with Gasteiger partial charge in [0.05, 0.1) is 65.0 Å². The van der Waals surface area contributed by atoms with Crippen molar-refractivity contribution in [2.24, 2.45) is 0 Å². The molecule has 0 fully saturated rings. The van der Waals surface area contributed by atoms with E-state index in [1.807, 2.05) is 24.3 Å². The van der Waals surface area contributed by atoms with Crippen molar-refractivity contribution in [3.05, 3.63) is 70.8 Å². The number of methoxy groups -OCH3 is 2. The summed E-state index contributed by atoms with van der Waals surface area (Å²) in [5, 5.41) is 8.51. The van der Waals surface area contributed by atoms with Gasteiger partial charge in [0.25, 0.3) is 0 Å². The lowest BCUT2D eigenvalue weighted by Gasteiger charge is -2.06. The maximum absolute atomic E-state index is 11.3. The number of carbonyl (C=O) groups excluding carboxylic acids is 2. The monoisotopic (exact) mass is 562 g/mol. The molecular weight excluding hydrogens is 516 g/mol. The van der Waals surface area contributed by atoms with Crippen molar-refractivity contribution >= 4 is 11.9 Å². The summed E-state index contributed by atoms with van der Waals surface area (Å²) in [6.07, 6.45) is 4.76. The third-order valence-corrected chi connectivity index (χ3v) is 5.59. The van der Waals surface area contributed by atoms with Gasteiger partial charge in [-0.25, -0.2) is 9.59 Å². The van der Waals surface area contributed by atoms with Gasteiger partial charge in [-0.05, 0) is 67.5 Å². The molecule has 0 aliphatic carbocycles. The van der Waals surface area contributed by atoms with E-state index in [1.165, 1.54) is 19.8 Å². The number of benzene rings is 2. The Bertz CT molecular complexity index is 823. The first kappa shape index (κ1) is 35.2. The molecule has 0 saturated carbocycles. The van der Waals surface area contributed by atoms with Crippen LogP contribution >= 0.6 is 0 Å². The van der Waals surface area contributed by atoms with Gasteiger partial charge < -0.3 is 33.5 Å². The molecule has 0 bridgehead atoms. The lowest BCUT2D eigenvalue weighted by atomic mass is 10.1. The molecule has 0 aromatic heterocycles. The van der Waals surface area contributed by atoms with Crippen molar-refractivity contribution in [3.8, 4) is 0 Å². The molecule has 0 amide bonds. The van der Waals surface area contributed by atoms with Crippen LogP contribution in [0.3, 0.4) is 0 Å². The van der Waals surface area contributed by atoms with Crippen LogP contribution in [0.25, 0.3) is 0 Å². The van der Waals surface area contributed by atoms with E-state index in [0.717, 1.165) is 50.9 Å². The van der Waals surface area contributed by atoms with Crippen molar-refractivity contribution in [1.82, 2.24) is 0 Å². The molecule has 0 aliphatic rings. The highest BCUT2D eigenvalue weighted by molar-refractivity contribution is 5.89. The summed E-state index contributed by atoms with van der Waals surface area (Å²) >= 11 is 0. The van der Waals surface area contributed by atoms with Gasteiger partial charge in [-0.15, -0.1) is 0 Å². The topological polar surface area (TPSA) is 110 Å². The first-order valence-corrected chi connectivity index (χ1v) is 13.8. The predicted molar refractivity (Wildman–Crippen MR) is 153 cm³/mol. The van der Waals surface area contributed by atoms with Crippen LogP contribution < -0.4 is 0 Å². The predicted octanol–water partition coefficient (Wildman–Crippen LogP) is 4.28. The lowest BCUT2D eigenvalue weighted by Crippen LogP contribution is -2.08. The fourth-order valence-corrected chi connectivity index (χ4v) is 3.46. The summed E-state index contributed by atoms with van der Waals surface area (Å²) in [5.74, 6) is -0.616. The van der Waals surface area contributed by atoms with Gasteiger partial charge >= 0.3 is 11.9 Å². The Hall–Kier alpha value is -2.82. The molecule has 40 heavy (non-hydrogen) atoms. The van der Waals surface area contributed by atoms with Gasteiger partial charge in [-0.1, -0.05) is 31.2 Å². The molecular formula is C31H46O9. The summed E-state index contributed by atoms with van der Waals surface area (Å²) in [4.78, 5) is 22.5. The first-order chi connectivity index (χ1) is 19.5. The van der Waals surface area contributed by atoms with Crippen LogP contribution in [0.2, 0.25) is 0 Å². The summed E-state index contributed by atoms with van der Waals surface area (Å²) in [5.41, 5.74) is 3.51. The molecule has 9 heteroatoms. The number of ether oxygens (including phenoxy) is 6. The second-order valence-electron chi connectivity index (χ2n) is 8.76. The molecule has 2 rings (SSSR count). The molecule has 2 aromatic rings. The van der Waals surface area contributed by atoms with Gasteiger partial charge in [0.15, 0.2) is 0 Å². The van der Waals surface area contributed by atoms with E-state index in [1.54, 1.807) is 24.3 Å². The molecule has 0 aliphatic heterocycles. The van der Waals surface area contributed by atoms with Gasteiger partial charge in [0.2, 0.25) is 0 Å². The molecule has 1 N–H and O–H groups in total. The summed E-state index contributed by atoms with van der Waals surface area (Å²) in [6.45, 7) is 7.06. The number of aliphatic hydroxyl groups is 1. The maximum Gasteiger partial charge on any atom is 0.337 e. The minimum atomic E-state index is -0.317. The summed E-state index contributed by atoms with van der Waals surface area (Å²) in [6, 6.07) is 14.9. The molecule has 0 unspecified atom stereocenters. The average molecular weight is 563 g/mol. The van der Waals surface area contributed by atoms with Crippen LogP contribution in [0.5, 0.6) is 0 Å². The number of hydrogen-bond acceptors (Lipinski definition) is 9. The minimum absolute atomic E-state index is 0.0432. The van der Waals surface area contributed by atoms with E-state index >= 15 is 0 Å². The van der Waals surface area contributed by atoms with Gasteiger partial charge in [0, 0.05) is 19.8 Å². The van der Waals surface area contributed by atoms with Crippen molar-refractivity contribution in [3.63, 3.8) is 0 Å². The highest BCUT2D eigenvalue weighted by atomic mass is 16.5. The van der Waals surface area contributed by atoms with Crippen molar-refractivity contribution in [2.75, 3.05) is 73.7 Å². The van der Waals surface area contributed by atoms with E-state index in [4.69, 9.17) is 24.1 Å². The quantitative estimate of drug-likeness (QED) is 0.187. The van der Waals surface area contributed by atoms with E-state index in [9.17, 15) is 9.59 Å². The zero-order valence-corrected chi connectivity index (χ0v) is 24.2. The van der Waals surface area contributed by atoms with Crippen molar-refractivity contribution in [1.29, 1.82) is 0 Å². The first-order valence-electron chi connectivity index (χ1n) is 13.8. The third kappa shape index (κ3) is 17.0. The number of carbonyl (C=O) groups is 2. The van der Waals surface area contributed by atoms with Crippen LogP contribution in [0, 0.1) is 0 Å². The van der Waals surface area contributed by atoms with Gasteiger partial charge in [-0.2, -0.15) is 0 Å². The van der Waals surface area contributed by atoms with Crippen LogP contribution in [0.15, 0.2) is 48.5 Å². The second-order valence-corrected chi connectivity index (χ2v) is 8.76. The SMILES string of the molecule is CCCOCCOCCCc1ccc(C(=O)OC)cc1.COC(=O)c1ccc(CCCOCCOCCO)cc1. The van der Waals surface area contributed by atoms with Gasteiger partial charge in [-0.3, -0.25) is 0 Å². The van der Waals surface area contributed by atoms with Crippen molar-refractivity contribution in [2.45, 2.75) is 39.0 Å². The number of hydrogen-bond donors (Lipinski definition) is 1. The van der Waals surface area contributed by atoms with Crippen molar-refractivity contribution < 1.29 is 43.1 Å². The highest BCUT2D eigenvalue weighted by Crippen LogP contribution is 2.09. The molecule has 0 saturated heterocycles. The Labute approximate surface area is 238 Å². The van der Waals surface area contributed by atoms with E-state index in [0.29, 0.717) is 50.8 Å². The van der Waals surface area contributed by atoms with E-state index < -0.39 is 0 Å². The van der Waals surface area contributed by atoms with Crippen LogP contribution in [-0.4, -0.2) is 90.7 Å². The Balaban J connectivity index is 0.000000400. The third-order valence-electron chi connectivity index (χ3n) is 5.59. The smallest absolute Gasteiger partial charge is 0.337 e. The van der Waals surface area contributed by atoms with Gasteiger partial charge in [0.1, 0.15) is 0 Å². The zero-order valence-electron chi connectivity index (χ0n) is 24.2. The largest absolute Gasteiger partial charge is 0.465 e. The average Bonchev–Trinajstić information content (AvgIpc) is 3.00. The number of rotatable bonds is 20. The van der Waals surface area contributed by atoms with Crippen LogP contribution in [0.4, 0.5) is 0 Å². The Kier molecular flexibility index (Phi) is 21.1. The van der Waals surface area contributed by atoms with Crippen LogP contribution in [-0.2, 0) is 41.3 Å².